The summed E-state index contributed by atoms with van der Waals surface area (Å²) < 4.78 is 5.14. The monoisotopic (exact) mass is 320 g/mol. The number of fused-ring (bicyclic) bond motifs is 3. The molecular formula is C20H20N2O2. The van der Waals surface area contributed by atoms with Gasteiger partial charge in [-0.2, -0.15) is 0 Å². The molecule has 4 rings (SSSR count). The normalized spacial score (nSPS) is 24.0. The number of ether oxygens (including phenoxy) is 1. The second kappa shape index (κ2) is 6.11. The van der Waals surface area contributed by atoms with Crippen LogP contribution >= 0.6 is 0 Å². The Kier molecular flexibility index (Phi) is 3.81. The Bertz CT molecular complexity index is 785. The zero-order valence-electron chi connectivity index (χ0n) is 13.6. The fourth-order valence-electron chi connectivity index (χ4n) is 3.83. The maximum Gasteiger partial charge on any atom is 0.338 e. The van der Waals surface area contributed by atoms with Gasteiger partial charge in [0.05, 0.1) is 18.2 Å². The molecule has 0 unspecified atom stereocenters. The Hall–Kier alpha value is -2.62. The minimum absolute atomic E-state index is 0.236. The fourth-order valence-corrected chi connectivity index (χ4v) is 3.83. The van der Waals surface area contributed by atoms with Crippen LogP contribution in [0.2, 0.25) is 0 Å². The quantitative estimate of drug-likeness (QED) is 0.684. The predicted molar refractivity (Wildman–Crippen MR) is 93.0 cm³/mol. The first-order valence-electron chi connectivity index (χ1n) is 8.42. The van der Waals surface area contributed by atoms with Gasteiger partial charge in [0.1, 0.15) is 0 Å². The highest BCUT2D eigenvalue weighted by Gasteiger charge is 2.38. The van der Waals surface area contributed by atoms with E-state index in [1.165, 1.54) is 11.1 Å². The van der Waals surface area contributed by atoms with Crippen molar-refractivity contribution in [3.8, 4) is 0 Å². The van der Waals surface area contributed by atoms with Crippen LogP contribution < -0.4 is 5.32 Å². The third-order valence-corrected chi connectivity index (χ3v) is 4.92. The number of pyridine rings is 1. The average molecular weight is 320 g/mol. The lowest BCUT2D eigenvalue weighted by molar-refractivity contribution is 0.0526. The Morgan fingerprint density at radius 1 is 1.38 bits per heavy atom. The molecule has 2 aliphatic rings. The number of carbonyl (C=O) groups excluding carboxylic acids is 1. The van der Waals surface area contributed by atoms with Crippen molar-refractivity contribution in [3.05, 3.63) is 71.6 Å². The lowest BCUT2D eigenvalue weighted by Gasteiger charge is -2.37. The number of benzene rings is 1. The lowest BCUT2D eigenvalue weighted by atomic mass is 9.77. The molecule has 24 heavy (non-hydrogen) atoms. The van der Waals surface area contributed by atoms with Crippen LogP contribution in [0.4, 0.5) is 5.69 Å². The first-order valence-corrected chi connectivity index (χ1v) is 8.42. The van der Waals surface area contributed by atoms with Crippen molar-refractivity contribution < 1.29 is 9.53 Å². The van der Waals surface area contributed by atoms with Crippen LogP contribution in [0.15, 0.2) is 54.9 Å². The van der Waals surface area contributed by atoms with E-state index in [1.807, 2.05) is 37.4 Å². The van der Waals surface area contributed by atoms with Crippen molar-refractivity contribution >= 4 is 11.7 Å². The third-order valence-electron chi connectivity index (χ3n) is 4.92. The number of allylic oxidation sites excluding steroid dienone is 2. The van der Waals surface area contributed by atoms with Crippen molar-refractivity contribution in [2.24, 2.45) is 5.92 Å². The molecule has 2 aromatic rings. The van der Waals surface area contributed by atoms with Crippen LogP contribution in [0.3, 0.4) is 0 Å². The average Bonchev–Trinajstić information content (AvgIpc) is 3.11. The molecule has 1 aliphatic carbocycles. The highest BCUT2D eigenvalue weighted by Crippen LogP contribution is 2.49. The molecule has 2 heterocycles. The van der Waals surface area contributed by atoms with E-state index in [9.17, 15) is 4.79 Å². The molecule has 1 aromatic heterocycles. The summed E-state index contributed by atoms with van der Waals surface area (Å²) >= 11 is 0. The van der Waals surface area contributed by atoms with Gasteiger partial charge in [-0.3, -0.25) is 4.98 Å². The molecule has 1 aromatic carbocycles. The number of nitrogens with one attached hydrogen (secondary N) is 1. The molecule has 4 nitrogen and oxygen atoms in total. The van der Waals surface area contributed by atoms with Crippen molar-refractivity contribution in [1.82, 2.24) is 4.98 Å². The first-order chi connectivity index (χ1) is 11.8. The Morgan fingerprint density at radius 3 is 3.08 bits per heavy atom. The summed E-state index contributed by atoms with van der Waals surface area (Å²) in [6.45, 7) is 2.22. The molecule has 4 heteroatoms. The number of aromatic nitrogens is 1. The molecule has 3 atom stereocenters. The standard InChI is InChI=1S/C20H20N2O2/c1-2-24-20(23)13-8-9-18-17(11-13)15-6-3-7-16(15)19(22-18)14-5-4-10-21-12-14/h3-6,8-12,15-16,19,22H,2,7H2,1H3/t15-,16+,19-/m0/s1. The topological polar surface area (TPSA) is 51.2 Å². The highest BCUT2D eigenvalue weighted by atomic mass is 16.5. The molecule has 0 radical (unpaired) electrons. The van der Waals surface area contributed by atoms with Crippen molar-refractivity contribution in [3.63, 3.8) is 0 Å². The van der Waals surface area contributed by atoms with Crippen LogP contribution in [0, 0.1) is 5.92 Å². The van der Waals surface area contributed by atoms with Crippen LogP contribution in [-0.2, 0) is 4.74 Å². The lowest BCUT2D eigenvalue weighted by Crippen LogP contribution is -2.29. The van der Waals surface area contributed by atoms with E-state index in [0.29, 0.717) is 24.0 Å². The summed E-state index contributed by atoms with van der Waals surface area (Å²) in [5.41, 5.74) is 4.09. The van der Waals surface area contributed by atoms with Gasteiger partial charge in [-0.05, 0) is 54.7 Å². The Morgan fingerprint density at radius 2 is 2.29 bits per heavy atom. The molecule has 0 amide bonds. The van der Waals surface area contributed by atoms with Gasteiger partial charge in [0.15, 0.2) is 0 Å². The second-order valence-corrected chi connectivity index (χ2v) is 6.28. The summed E-state index contributed by atoms with van der Waals surface area (Å²) in [5.74, 6) is 0.508. The Balaban J connectivity index is 1.72. The van der Waals surface area contributed by atoms with Gasteiger partial charge in [0, 0.05) is 24.0 Å². The smallest absolute Gasteiger partial charge is 0.338 e. The molecular weight excluding hydrogens is 300 g/mol. The van der Waals surface area contributed by atoms with E-state index in [0.717, 1.165) is 12.1 Å². The third kappa shape index (κ3) is 2.48. The fraction of sp³-hybridized carbons (Fsp3) is 0.300. The van der Waals surface area contributed by atoms with Crippen molar-refractivity contribution in [2.45, 2.75) is 25.3 Å². The molecule has 122 valence electrons. The highest BCUT2D eigenvalue weighted by molar-refractivity contribution is 5.90. The van der Waals surface area contributed by atoms with E-state index in [-0.39, 0.29) is 12.0 Å². The number of esters is 1. The minimum atomic E-state index is -0.256. The number of rotatable bonds is 3. The van der Waals surface area contributed by atoms with Crippen LogP contribution in [-0.4, -0.2) is 17.6 Å². The van der Waals surface area contributed by atoms with Gasteiger partial charge in [-0.15, -0.1) is 0 Å². The molecule has 1 N–H and O–H groups in total. The van der Waals surface area contributed by atoms with Gasteiger partial charge >= 0.3 is 5.97 Å². The van der Waals surface area contributed by atoms with Gasteiger partial charge in [0.2, 0.25) is 0 Å². The number of hydrogen-bond donors (Lipinski definition) is 1. The number of anilines is 1. The molecule has 0 saturated carbocycles. The summed E-state index contributed by atoms with van der Waals surface area (Å²) in [6, 6.07) is 10.1. The van der Waals surface area contributed by atoms with Crippen LogP contribution in [0.1, 0.15) is 46.8 Å². The zero-order chi connectivity index (χ0) is 16.5. The minimum Gasteiger partial charge on any atom is -0.462 e. The maximum atomic E-state index is 12.0. The van der Waals surface area contributed by atoms with E-state index in [4.69, 9.17) is 4.74 Å². The van der Waals surface area contributed by atoms with Crippen LogP contribution in [0.5, 0.6) is 0 Å². The number of carbonyl (C=O) groups is 1. The SMILES string of the molecule is CCOC(=O)c1ccc2c(c1)[C@H]1C=CC[C@H]1[C@H](c1cccnc1)N2. The van der Waals surface area contributed by atoms with Gasteiger partial charge in [-0.1, -0.05) is 18.2 Å². The van der Waals surface area contributed by atoms with Gasteiger partial charge in [-0.25, -0.2) is 4.79 Å². The van der Waals surface area contributed by atoms with Crippen molar-refractivity contribution in [1.29, 1.82) is 0 Å². The summed E-state index contributed by atoms with van der Waals surface area (Å²) in [6.07, 6.45) is 9.27. The summed E-state index contributed by atoms with van der Waals surface area (Å²) in [4.78, 5) is 16.3. The van der Waals surface area contributed by atoms with Crippen LogP contribution in [0.25, 0.3) is 0 Å². The molecule has 0 bridgehead atoms. The van der Waals surface area contributed by atoms with Gasteiger partial charge < -0.3 is 10.1 Å². The van der Waals surface area contributed by atoms with E-state index < -0.39 is 0 Å². The number of nitrogens with zero attached hydrogens (tertiary/aromatic N) is 1. The summed E-state index contributed by atoms with van der Waals surface area (Å²) in [7, 11) is 0. The predicted octanol–water partition coefficient (Wildman–Crippen LogP) is 4.08. The molecule has 0 saturated heterocycles. The number of hydrogen-bond acceptors (Lipinski definition) is 4. The zero-order valence-corrected chi connectivity index (χ0v) is 13.6. The van der Waals surface area contributed by atoms with Crippen molar-refractivity contribution in [2.75, 3.05) is 11.9 Å². The maximum absolute atomic E-state index is 12.0. The largest absolute Gasteiger partial charge is 0.462 e. The molecule has 0 fully saturated rings. The first kappa shape index (κ1) is 14.9. The van der Waals surface area contributed by atoms with Gasteiger partial charge in [0.25, 0.3) is 0 Å². The Labute approximate surface area is 141 Å². The van der Waals surface area contributed by atoms with E-state index in [2.05, 4.69) is 28.5 Å². The molecule has 0 spiro atoms. The summed E-state index contributed by atoms with van der Waals surface area (Å²) in [5, 5.41) is 3.65. The second-order valence-electron chi connectivity index (χ2n) is 6.28. The van der Waals surface area contributed by atoms with E-state index in [1.54, 1.807) is 6.20 Å². The van der Waals surface area contributed by atoms with E-state index >= 15 is 0 Å². The molecule has 1 aliphatic heterocycles.